The number of aliphatic hydroxyl groups is 1. The highest BCUT2D eigenvalue weighted by Crippen LogP contribution is 2.19. The van der Waals surface area contributed by atoms with Crippen LogP contribution in [0.4, 0.5) is 8.78 Å². The first-order valence-electron chi connectivity index (χ1n) is 6.96. The van der Waals surface area contributed by atoms with Gasteiger partial charge in [0.1, 0.15) is 17.7 Å². The summed E-state index contributed by atoms with van der Waals surface area (Å²) < 4.78 is 28.7. The molecule has 1 heterocycles. The number of halogens is 2. The molecule has 0 spiro atoms. The Labute approximate surface area is 132 Å². The molecule has 0 saturated heterocycles. The summed E-state index contributed by atoms with van der Waals surface area (Å²) >= 11 is 0. The lowest BCUT2D eigenvalue weighted by Crippen LogP contribution is -2.27. The van der Waals surface area contributed by atoms with Crippen LogP contribution in [0, 0.1) is 18.6 Å². The fraction of sp³-hybridized carbons (Fsp3) is 0.250. The second-order valence-corrected chi connectivity index (χ2v) is 5.04. The summed E-state index contributed by atoms with van der Waals surface area (Å²) in [5.74, 6) is -2.19. The Balaban J connectivity index is 1.95. The predicted molar refractivity (Wildman–Crippen MR) is 81.3 cm³/mol. The molecule has 1 aromatic heterocycles. The topological polar surface area (TPSA) is 67.2 Å². The maximum Gasteiger partial charge on any atom is 0.244 e. The molecule has 0 aliphatic rings. The molecule has 122 valence electrons. The van der Waals surface area contributed by atoms with Gasteiger partial charge in [0.05, 0.1) is 11.8 Å². The van der Waals surface area contributed by atoms with E-state index in [0.29, 0.717) is 0 Å². The van der Waals surface area contributed by atoms with Crippen LogP contribution in [0.5, 0.6) is 0 Å². The fourth-order valence-electron chi connectivity index (χ4n) is 2.03. The Morgan fingerprint density at radius 1 is 1.43 bits per heavy atom. The molecule has 0 aliphatic heterocycles. The van der Waals surface area contributed by atoms with Crippen LogP contribution in [0.25, 0.3) is 6.08 Å². The molecule has 2 aromatic rings. The molecule has 1 amide bonds. The monoisotopic (exact) mass is 321 g/mol. The van der Waals surface area contributed by atoms with E-state index >= 15 is 0 Å². The Hall–Kier alpha value is -2.54. The minimum atomic E-state index is -1.46. The molecule has 5 nitrogen and oxygen atoms in total. The maximum atomic E-state index is 13.5. The van der Waals surface area contributed by atoms with Gasteiger partial charge >= 0.3 is 0 Å². The van der Waals surface area contributed by atoms with Gasteiger partial charge in [0.2, 0.25) is 5.91 Å². The molecule has 0 radical (unpaired) electrons. The molecule has 2 N–H and O–H groups in total. The third-order valence-electron chi connectivity index (χ3n) is 3.49. The summed E-state index contributed by atoms with van der Waals surface area (Å²) in [5, 5.41) is 16.3. The van der Waals surface area contributed by atoms with Crippen LogP contribution in [0.1, 0.15) is 22.9 Å². The van der Waals surface area contributed by atoms with E-state index < -0.39 is 29.2 Å². The van der Waals surface area contributed by atoms with Gasteiger partial charge in [0, 0.05) is 30.9 Å². The first-order valence-corrected chi connectivity index (χ1v) is 6.96. The van der Waals surface area contributed by atoms with E-state index in [2.05, 4.69) is 10.4 Å². The predicted octanol–water partition coefficient (Wildman–Crippen LogP) is 1.87. The van der Waals surface area contributed by atoms with Crippen molar-refractivity contribution in [1.29, 1.82) is 0 Å². The van der Waals surface area contributed by atoms with Crippen LogP contribution in [-0.4, -0.2) is 27.3 Å². The van der Waals surface area contributed by atoms with Crippen LogP contribution < -0.4 is 5.32 Å². The highest BCUT2D eigenvalue weighted by atomic mass is 19.1. The van der Waals surface area contributed by atoms with E-state index in [0.717, 1.165) is 23.4 Å². The minimum absolute atomic E-state index is 0.299. The first-order chi connectivity index (χ1) is 10.9. The van der Waals surface area contributed by atoms with Gasteiger partial charge in [-0.1, -0.05) is 6.07 Å². The van der Waals surface area contributed by atoms with Crippen LogP contribution in [0.15, 0.2) is 30.5 Å². The van der Waals surface area contributed by atoms with Crippen molar-refractivity contribution in [2.45, 2.75) is 13.0 Å². The third-order valence-corrected chi connectivity index (χ3v) is 3.49. The van der Waals surface area contributed by atoms with Crippen LogP contribution in [0.2, 0.25) is 0 Å². The lowest BCUT2D eigenvalue weighted by atomic mass is 10.1. The summed E-state index contributed by atoms with van der Waals surface area (Å²) in [4.78, 5) is 11.7. The molecule has 0 fully saturated rings. The van der Waals surface area contributed by atoms with Gasteiger partial charge in [-0.25, -0.2) is 8.78 Å². The van der Waals surface area contributed by atoms with Crippen molar-refractivity contribution in [3.63, 3.8) is 0 Å². The number of aliphatic hydroxyl groups excluding tert-OH is 1. The molecule has 1 atom stereocenters. The summed E-state index contributed by atoms with van der Waals surface area (Å²) in [6.45, 7) is 1.56. The lowest BCUT2D eigenvalue weighted by molar-refractivity contribution is -0.116. The number of carbonyl (C=O) groups is 1. The van der Waals surface area contributed by atoms with Gasteiger partial charge in [-0.15, -0.1) is 0 Å². The van der Waals surface area contributed by atoms with Crippen molar-refractivity contribution in [1.82, 2.24) is 15.1 Å². The quantitative estimate of drug-likeness (QED) is 0.826. The number of nitrogens with one attached hydrogen (secondary N) is 1. The molecule has 7 heteroatoms. The number of amides is 1. The van der Waals surface area contributed by atoms with E-state index in [1.54, 1.807) is 24.0 Å². The molecule has 23 heavy (non-hydrogen) atoms. The maximum absolute atomic E-state index is 13.5. The number of hydrogen-bond donors (Lipinski definition) is 2. The summed E-state index contributed by atoms with van der Waals surface area (Å²) in [6, 6.07) is 3.31. The zero-order valence-electron chi connectivity index (χ0n) is 12.8. The molecule has 2 rings (SSSR count). The van der Waals surface area contributed by atoms with E-state index in [1.807, 2.05) is 6.92 Å². The molecule has 1 aromatic carbocycles. The second kappa shape index (κ2) is 7.15. The Morgan fingerprint density at radius 2 is 2.09 bits per heavy atom. The molecular weight excluding hydrogens is 304 g/mol. The van der Waals surface area contributed by atoms with E-state index in [9.17, 15) is 18.7 Å². The lowest BCUT2D eigenvalue weighted by Gasteiger charge is -2.13. The zero-order chi connectivity index (χ0) is 17.0. The zero-order valence-corrected chi connectivity index (χ0v) is 12.8. The standard InChI is InChI=1S/C16H17F2N3O2/c1-10-11(8-20-21(10)2)6-7-15(23)19-9-14(22)16-12(17)4-3-5-13(16)18/h3-8,14,22H,9H2,1-2H3,(H,19,23)/b7-6+. The van der Waals surface area contributed by atoms with Gasteiger partial charge in [-0.05, 0) is 25.1 Å². The number of hydrogen-bond acceptors (Lipinski definition) is 3. The van der Waals surface area contributed by atoms with E-state index in [-0.39, 0.29) is 6.54 Å². The van der Waals surface area contributed by atoms with Crippen LogP contribution in [-0.2, 0) is 11.8 Å². The molecular formula is C16H17F2N3O2. The van der Waals surface area contributed by atoms with Crippen molar-refractivity contribution >= 4 is 12.0 Å². The largest absolute Gasteiger partial charge is 0.386 e. The second-order valence-electron chi connectivity index (χ2n) is 5.04. The molecule has 0 bridgehead atoms. The summed E-state index contributed by atoms with van der Waals surface area (Å²) in [5.41, 5.74) is 1.21. The highest BCUT2D eigenvalue weighted by Gasteiger charge is 2.17. The summed E-state index contributed by atoms with van der Waals surface area (Å²) in [7, 11) is 1.78. The van der Waals surface area contributed by atoms with Crippen LogP contribution in [0.3, 0.4) is 0 Å². The normalized spacial score (nSPS) is 12.6. The number of aromatic nitrogens is 2. The Morgan fingerprint density at radius 3 is 2.65 bits per heavy atom. The Bertz CT molecular complexity index is 721. The van der Waals surface area contributed by atoms with Gasteiger partial charge in [0.25, 0.3) is 0 Å². The third kappa shape index (κ3) is 4.01. The average Bonchev–Trinajstić information content (AvgIpc) is 2.82. The number of carbonyl (C=O) groups excluding carboxylic acids is 1. The SMILES string of the molecule is Cc1c(/C=C/C(=O)NCC(O)c2c(F)cccc2F)cnn1C. The number of benzene rings is 1. The number of nitrogens with zero attached hydrogens (tertiary/aromatic N) is 2. The molecule has 0 saturated carbocycles. The van der Waals surface area contributed by atoms with Crippen molar-refractivity contribution < 1.29 is 18.7 Å². The van der Waals surface area contributed by atoms with Crippen molar-refractivity contribution in [2.24, 2.45) is 7.05 Å². The average molecular weight is 321 g/mol. The smallest absolute Gasteiger partial charge is 0.244 e. The van der Waals surface area contributed by atoms with Gasteiger partial charge in [0.15, 0.2) is 0 Å². The van der Waals surface area contributed by atoms with Crippen molar-refractivity contribution in [2.75, 3.05) is 6.54 Å². The fourth-order valence-corrected chi connectivity index (χ4v) is 2.03. The molecule has 0 aliphatic carbocycles. The van der Waals surface area contributed by atoms with E-state index in [1.165, 1.54) is 12.1 Å². The summed E-state index contributed by atoms with van der Waals surface area (Å²) in [6.07, 6.45) is 3.00. The van der Waals surface area contributed by atoms with Gasteiger partial charge in [-0.3, -0.25) is 9.48 Å². The first kappa shape index (κ1) is 16.8. The van der Waals surface area contributed by atoms with E-state index in [4.69, 9.17) is 0 Å². The van der Waals surface area contributed by atoms with Crippen molar-refractivity contribution in [3.05, 3.63) is 58.9 Å². The van der Waals surface area contributed by atoms with Gasteiger partial charge < -0.3 is 10.4 Å². The van der Waals surface area contributed by atoms with Crippen molar-refractivity contribution in [3.8, 4) is 0 Å². The van der Waals surface area contributed by atoms with Gasteiger partial charge in [-0.2, -0.15) is 5.10 Å². The minimum Gasteiger partial charge on any atom is -0.386 e. The number of rotatable bonds is 5. The highest BCUT2D eigenvalue weighted by molar-refractivity contribution is 5.91. The molecule has 1 unspecified atom stereocenters. The number of aryl methyl sites for hydroxylation is 1. The Kier molecular flexibility index (Phi) is 5.23. The van der Waals surface area contributed by atoms with Crippen LogP contribution >= 0.6 is 0 Å².